The first-order valence-corrected chi connectivity index (χ1v) is 14.7. The summed E-state index contributed by atoms with van der Waals surface area (Å²) in [5.41, 5.74) is 3.41. The zero-order chi connectivity index (χ0) is 27.5. The molecule has 1 aliphatic heterocycles. The van der Waals surface area contributed by atoms with Crippen molar-refractivity contribution in [3.8, 4) is 5.75 Å². The van der Waals surface area contributed by atoms with E-state index < -0.39 is 12.0 Å². The van der Waals surface area contributed by atoms with E-state index in [1.165, 1.54) is 11.3 Å². The van der Waals surface area contributed by atoms with E-state index in [4.69, 9.17) is 9.47 Å². The molecule has 1 atom stereocenters. The third-order valence-corrected chi connectivity index (χ3v) is 8.32. The number of aromatic nitrogens is 1. The van der Waals surface area contributed by atoms with Gasteiger partial charge in [0.1, 0.15) is 12.4 Å². The molecule has 0 unspecified atom stereocenters. The van der Waals surface area contributed by atoms with E-state index in [1.807, 2.05) is 78.9 Å². The molecular formula is C30H24Br2N2O4S. The Hall–Kier alpha value is -3.27. The summed E-state index contributed by atoms with van der Waals surface area (Å²) in [6, 6.07) is 22.5. The topological polar surface area (TPSA) is 69.9 Å². The molecule has 6 nitrogen and oxygen atoms in total. The van der Waals surface area contributed by atoms with Crippen molar-refractivity contribution in [3.63, 3.8) is 0 Å². The molecule has 2 heterocycles. The number of hydrogen-bond donors (Lipinski definition) is 0. The number of carbonyl (C=O) groups is 1. The van der Waals surface area contributed by atoms with Crippen LogP contribution < -0.4 is 19.6 Å². The molecule has 0 N–H and O–H groups in total. The lowest BCUT2D eigenvalue weighted by Gasteiger charge is -2.24. The fourth-order valence-corrected chi connectivity index (χ4v) is 6.18. The van der Waals surface area contributed by atoms with E-state index in [-0.39, 0.29) is 12.2 Å². The third kappa shape index (κ3) is 5.85. The Morgan fingerprint density at radius 1 is 1.08 bits per heavy atom. The first-order chi connectivity index (χ1) is 18.9. The molecule has 4 aromatic rings. The number of esters is 1. The maximum Gasteiger partial charge on any atom is 0.338 e. The number of thiazole rings is 1. The van der Waals surface area contributed by atoms with Gasteiger partial charge >= 0.3 is 5.97 Å². The van der Waals surface area contributed by atoms with Gasteiger partial charge in [-0.3, -0.25) is 9.36 Å². The van der Waals surface area contributed by atoms with Crippen molar-refractivity contribution in [1.82, 2.24) is 4.57 Å². The predicted molar refractivity (Wildman–Crippen MR) is 159 cm³/mol. The van der Waals surface area contributed by atoms with Crippen LogP contribution in [0.15, 0.2) is 103 Å². The highest BCUT2D eigenvalue weighted by Crippen LogP contribution is 2.31. The summed E-state index contributed by atoms with van der Waals surface area (Å²) < 4.78 is 15.2. The number of ether oxygens (including phenoxy) is 2. The lowest BCUT2D eigenvalue weighted by molar-refractivity contribution is -0.139. The summed E-state index contributed by atoms with van der Waals surface area (Å²) in [5, 5.41) is 0. The molecule has 39 heavy (non-hydrogen) atoms. The molecule has 1 aliphatic rings. The second-order valence-corrected chi connectivity index (χ2v) is 11.6. The van der Waals surface area contributed by atoms with Crippen LogP contribution in [-0.4, -0.2) is 17.1 Å². The molecule has 0 radical (unpaired) electrons. The van der Waals surface area contributed by atoms with E-state index >= 15 is 0 Å². The molecule has 0 spiro atoms. The number of carbonyl (C=O) groups excluding carboxylic acids is 1. The van der Waals surface area contributed by atoms with Crippen molar-refractivity contribution in [2.45, 2.75) is 26.5 Å². The highest BCUT2D eigenvalue weighted by atomic mass is 79.9. The highest BCUT2D eigenvalue weighted by molar-refractivity contribution is 9.10. The van der Waals surface area contributed by atoms with Crippen molar-refractivity contribution in [1.29, 1.82) is 0 Å². The van der Waals surface area contributed by atoms with Crippen molar-refractivity contribution in [2.75, 3.05) is 6.61 Å². The maximum atomic E-state index is 13.7. The largest absolute Gasteiger partial charge is 0.488 e. The standard InChI is InChI=1S/C30H24Br2N2O4S/c1-3-37-29(36)26-18(2)33-30-34(27(26)21-7-5-4-6-8-21)28(35)25(39-30)16-20-11-14-24(23(32)15-20)38-17-19-9-12-22(31)13-10-19/h4-16,27H,3,17H2,1-2H3/b25-16-/t27-/m0/s1. The van der Waals surface area contributed by atoms with Gasteiger partial charge in [-0.1, -0.05) is 75.8 Å². The lowest BCUT2D eigenvalue weighted by atomic mass is 9.96. The molecule has 0 amide bonds. The van der Waals surface area contributed by atoms with Gasteiger partial charge in [0.15, 0.2) is 4.80 Å². The minimum absolute atomic E-state index is 0.214. The Labute approximate surface area is 246 Å². The second-order valence-electron chi connectivity index (χ2n) is 8.82. The Morgan fingerprint density at radius 2 is 1.82 bits per heavy atom. The smallest absolute Gasteiger partial charge is 0.338 e. The second kappa shape index (κ2) is 11.9. The van der Waals surface area contributed by atoms with Gasteiger partial charge in [-0.2, -0.15) is 0 Å². The fraction of sp³-hybridized carbons (Fsp3) is 0.167. The number of nitrogens with zero attached hydrogens (tertiary/aromatic N) is 2. The van der Waals surface area contributed by atoms with Crippen LogP contribution >= 0.6 is 43.2 Å². The molecule has 0 fully saturated rings. The minimum Gasteiger partial charge on any atom is -0.488 e. The summed E-state index contributed by atoms with van der Waals surface area (Å²) in [6.07, 6.45) is 1.83. The van der Waals surface area contributed by atoms with Crippen molar-refractivity contribution < 1.29 is 14.3 Å². The van der Waals surface area contributed by atoms with Gasteiger partial charge < -0.3 is 9.47 Å². The van der Waals surface area contributed by atoms with Gasteiger partial charge in [-0.05, 0) is 76.8 Å². The van der Waals surface area contributed by atoms with Crippen LogP contribution in [-0.2, 0) is 16.1 Å². The van der Waals surface area contributed by atoms with Crippen LogP contribution in [0.5, 0.6) is 5.75 Å². The van der Waals surface area contributed by atoms with Crippen LogP contribution in [0.3, 0.4) is 0 Å². The van der Waals surface area contributed by atoms with E-state index in [0.29, 0.717) is 33.0 Å². The van der Waals surface area contributed by atoms with Crippen molar-refractivity contribution in [2.24, 2.45) is 4.99 Å². The molecule has 3 aromatic carbocycles. The van der Waals surface area contributed by atoms with E-state index in [2.05, 4.69) is 36.9 Å². The SMILES string of the molecule is CCOC(=O)C1=C(C)N=c2s/c(=C\c3ccc(OCc4ccc(Br)cc4)c(Br)c3)c(=O)n2[C@H]1c1ccccc1. The van der Waals surface area contributed by atoms with Crippen molar-refractivity contribution in [3.05, 3.63) is 129 Å². The molecule has 5 rings (SSSR count). The van der Waals surface area contributed by atoms with Gasteiger partial charge in [-0.15, -0.1) is 0 Å². The van der Waals surface area contributed by atoms with Crippen LogP contribution in [0.25, 0.3) is 6.08 Å². The van der Waals surface area contributed by atoms with E-state index in [9.17, 15) is 9.59 Å². The molecule has 198 valence electrons. The number of allylic oxidation sites excluding steroid dienone is 1. The minimum atomic E-state index is -0.621. The first kappa shape index (κ1) is 27.3. The zero-order valence-corrected chi connectivity index (χ0v) is 25.2. The Balaban J connectivity index is 1.50. The number of rotatable bonds is 7. The highest BCUT2D eigenvalue weighted by Gasteiger charge is 2.33. The lowest BCUT2D eigenvalue weighted by Crippen LogP contribution is -2.39. The molecule has 0 saturated carbocycles. The first-order valence-electron chi connectivity index (χ1n) is 12.3. The number of halogens is 2. The predicted octanol–water partition coefficient (Wildman–Crippen LogP) is 5.90. The number of hydrogen-bond acceptors (Lipinski definition) is 6. The summed E-state index contributed by atoms with van der Waals surface area (Å²) in [5.74, 6) is 0.236. The van der Waals surface area contributed by atoms with Crippen LogP contribution in [0, 0.1) is 0 Å². The molecular weight excluding hydrogens is 644 g/mol. The Morgan fingerprint density at radius 3 is 2.51 bits per heavy atom. The van der Waals surface area contributed by atoms with Gasteiger partial charge in [0.05, 0.1) is 32.9 Å². The summed E-state index contributed by atoms with van der Waals surface area (Å²) in [4.78, 5) is 31.9. The average molecular weight is 668 g/mol. The fourth-order valence-electron chi connectivity index (χ4n) is 4.36. The Bertz CT molecular complexity index is 1740. The van der Waals surface area contributed by atoms with E-state index in [0.717, 1.165) is 25.6 Å². The van der Waals surface area contributed by atoms with Crippen molar-refractivity contribution >= 4 is 55.2 Å². The third-order valence-electron chi connectivity index (χ3n) is 6.19. The van der Waals surface area contributed by atoms with Gasteiger partial charge in [0.2, 0.25) is 0 Å². The van der Waals surface area contributed by atoms with Crippen LogP contribution in [0.2, 0.25) is 0 Å². The normalized spacial score (nSPS) is 15.1. The average Bonchev–Trinajstić information content (AvgIpc) is 3.23. The van der Waals surface area contributed by atoms with E-state index in [1.54, 1.807) is 18.4 Å². The molecule has 0 aliphatic carbocycles. The number of benzene rings is 3. The van der Waals surface area contributed by atoms with Crippen LogP contribution in [0.4, 0.5) is 0 Å². The van der Waals surface area contributed by atoms with Gasteiger partial charge in [0.25, 0.3) is 5.56 Å². The molecule has 0 saturated heterocycles. The molecule has 9 heteroatoms. The van der Waals surface area contributed by atoms with Gasteiger partial charge in [0, 0.05) is 4.47 Å². The van der Waals surface area contributed by atoms with Crippen LogP contribution in [0.1, 0.15) is 36.6 Å². The number of fused-ring (bicyclic) bond motifs is 1. The quantitative estimate of drug-likeness (QED) is 0.230. The Kier molecular flexibility index (Phi) is 8.30. The molecule has 0 bridgehead atoms. The summed E-state index contributed by atoms with van der Waals surface area (Å²) >= 11 is 8.34. The summed E-state index contributed by atoms with van der Waals surface area (Å²) in [7, 11) is 0. The summed E-state index contributed by atoms with van der Waals surface area (Å²) in [6.45, 7) is 4.21. The maximum absolute atomic E-state index is 13.7. The monoisotopic (exact) mass is 666 g/mol. The van der Waals surface area contributed by atoms with Gasteiger partial charge in [-0.25, -0.2) is 9.79 Å². The zero-order valence-electron chi connectivity index (χ0n) is 21.2. The molecule has 1 aromatic heterocycles.